The molecule has 60 valence electrons. The van der Waals surface area contributed by atoms with E-state index < -0.39 is 0 Å². The van der Waals surface area contributed by atoms with Crippen LogP contribution in [0.5, 0.6) is 0 Å². The molecule has 0 N–H and O–H groups in total. The van der Waals surface area contributed by atoms with Crippen LogP contribution in [0.3, 0.4) is 0 Å². The second-order valence-corrected chi connectivity index (χ2v) is 4.07. The zero-order valence-corrected chi connectivity index (χ0v) is 10.0. The minimum absolute atomic E-state index is 0. The van der Waals surface area contributed by atoms with Crippen molar-refractivity contribution in [2.75, 3.05) is 0 Å². The molecule has 0 atom stereocenters. The van der Waals surface area contributed by atoms with Crippen LogP contribution in [0, 0.1) is 11.5 Å². The Morgan fingerprint density at radius 1 is 1.45 bits per heavy atom. The molecule has 0 radical (unpaired) electrons. The van der Waals surface area contributed by atoms with Crippen LogP contribution in [-0.2, 0) is 26.2 Å². The van der Waals surface area contributed by atoms with Crippen LogP contribution in [-0.4, -0.2) is 0 Å². The largest absolute Gasteiger partial charge is 0.273 e. The summed E-state index contributed by atoms with van der Waals surface area (Å²) in [6, 6.07) is 0. The predicted octanol–water partition coefficient (Wildman–Crippen LogP) is 3.11. The van der Waals surface area contributed by atoms with Gasteiger partial charge in [0.2, 0.25) is 0 Å². The molecule has 0 aliphatic heterocycles. The molecule has 0 amide bonds. The van der Waals surface area contributed by atoms with Crippen LogP contribution in [0.25, 0.3) is 0 Å². The first-order valence-electron chi connectivity index (χ1n) is 3.83. The van der Waals surface area contributed by atoms with Gasteiger partial charge in [-0.15, -0.1) is 6.42 Å². The van der Waals surface area contributed by atoms with Crippen LogP contribution < -0.4 is 0 Å². The summed E-state index contributed by atoms with van der Waals surface area (Å²) in [7, 11) is 0. The van der Waals surface area contributed by atoms with Crippen molar-refractivity contribution in [2.45, 2.75) is 33.6 Å². The molecule has 0 bridgehead atoms. The van der Waals surface area contributed by atoms with Gasteiger partial charge in [-0.3, -0.25) is 6.08 Å². The van der Waals surface area contributed by atoms with Gasteiger partial charge in [-0.05, 0) is 5.41 Å². The number of hydrogen-bond acceptors (Lipinski definition) is 0. The van der Waals surface area contributed by atoms with E-state index >= 15 is 0 Å². The Kier molecular flexibility index (Phi) is 4.55. The predicted molar refractivity (Wildman–Crippen MR) is 44.6 cm³/mol. The topological polar surface area (TPSA) is 0 Å². The third-order valence-electron chi connectivity index (χ3n) is 1.50. The molecule has 0 aromatic heterocycles. The summed E-state index contributed by atoms with van der Waals surface area (Å²) >= 11 is 0. The molecule has 0 unspecified atom stereocenters. The van der Waals surface area contributed by atoms with Crippen molar-refractivity contribution in [3.05, 3.63) is 23.8 Å². The van der Waals surface area contributed by atoms with Crippen LogP contribution in [0.1, 0.15) is 33.6 Å². The maximum atomic E-state index is 3.18. The maximum absolute atomic E-state index is 3.18. The maximum Gasteiger partial charge on any atom is 0 e. The van der Waals surface area contributed by atoms with Gasteiger partial charge in [0.05, 0.1) is 0 Å². The van der Waals surface area contributed by atoms with E-state index in [2.05, 4.69) is 39.0 Å². The van der Waals surface area contributed by atoms with Crippen LogP contribution in [0.4, 0.5) is 0 Å². The fourth-order valence-corrected chi connectivity index (χ4v) is 1.17. The van der Waals surface area contributed by atoms with Crippen molar-refractivity contribution in [3.8, 4) is 0 Å². The molecule has 0 heterocycles. The summed E-state index contributed by atoms with van der Waals surface area (Å²) in [6.45, 7) is 6.79. The van der Waals surface area contributed by atoms with Gasteiger partial charge in [0, 0.05) is 26.2 Å². The van der Waals surface area contributed by atoms with E-state index in [1.165, 1.54) is 12.0 Å². The van der Waals surface area contributed by atoms with Gasteiger partial charge >= 0.3 is 0 Å². The molecular weight excluding hydrogens is 211 g/mol. The molecule has 0 nitrogen and oxygen atoms in total. The zero-order valence-electron chi connectivity index (χ0n) is 7.57. The summed E-state index contributed by atoms with van der Waals surface area (Å²) in [6.07, 6.45) is 9.75. The Hall–Kier alpha value is 0.363. The van der Waals surface area contributed by atoms with Gasteiger partial charge in [-0.25, -0.2) is 11.6 Å². The molecule has 1 aliphatic carbocycles. The molecule has 0 saturated heterocycles. The molecule has 1 heteroatoms. The Balaban J connectivity index is 0.000001000. The molecular formula is C10H15Zr-. The molecule has 11 heavy (non-hydrogen) atoms. The Bertz CT molecular complexity index is 170. The van der Waals surface area contributed by atoms with E-state index in [-0.39, 0.29) is 26.2 Å². The van der Waals surface area contributed by atoms with Crippen LogP contribution in [0.15, 0.2) is 17.7 Å². The molecule has 1 aliphatic rings. The van der Waals surface area contributed by atoms with E-state index in [1.54, 1.807) is 0 Å². The summed E-state index contributed by atoms with van der Waals surface area (Å²) in [4.78, 5) is 0. The van der Waals surface area contributed by atoms with E-state index in [9.17, 15) is 0 Å². The number of hydrogen-bond donors (Lipinski definition) is 0. The fraction of sp³-hybridized carbons (Fsp3) is 0.600. The van der Waals surface area contributed by atoms with Gasteiger partial charge in [0.25, 0.3) is 0 Å². The van der Waals surface area contributed by atoms with E-state index in [4.69, 9.17) is 0 Å². The van der Waals surface area contributed by atoms with Crippen molar-refractivity contribution >= 4 is 0 Å². The smallest absolute Gasteiger partial charge is 0 e. The summed E-state index contributed by atoms with van der Waals surface area (Å²) in [5.41, 5.74) is 1.88. The molecule has 0 aromatic rings. The summed E-state index contributed by atoms with van der Waals surface area (Å²) in [5, 5.41) is 0. The minimum Gasteiger partial charge on any atom is -0.273 e. The molecule has 0 saturated carbocycles. The average Bonchev–Trinajstić information content (AvgIpc) is 2.12. The summed E-state index contributed by atoms with van der Waals surface area (Å²) < 4.78 is 0. The van der Waals surface area contributed by atoms with Crippen molar-refractivity contribution < 1.29 is 26.2 Å². The van der Waals surface area contributed by atoms with Crippen molar-refractivity contribution in [2.24, 2.45) is 5.41 Å². The standard InChI is InChI=1S/C10H15.Zr/c1-10(2,3)8-9-6-4-5-7-9;/h6-7H,4,8H2,1-3H3;/q-1;. The quantitative estimate of drug-likeness (QED) is 0.603. The van der Waals surface area contributed by atoms with Crippen LogP contribution >= 0.6 is 0 Å². The van der Waals surface area contributed by atoms with E-state index in [0.717, 1.165) is 6.42 Å². The third kappa shape index (κ3) is 4.74. The average molecular weight is 226 g/mol. The Labute approximate surface area is 88.9 Å². The zero-order chi connectivity index (χ0) is 7.61. The van der Waals surface area contributed by atoms with Gasteiger partial charge < -0.3 is 0 Å². The Morgan fingerprint density at radius 2 is 2.09 bits per heavy atom. The third-order valence-corrected chi connectivity index (χ3v) is 1.50. The normalized spacial score (nSPS) is 16.1. The van der Waals surface area contributed by atoms with Gasteiger partial charge in [-0.1, -0.05) is 27.2 Å². The minimum atomic E-state index is 0. The first kappa shape index (κ1) is 11.4. The first-order chi connectivity index (χ1) is 4.58. The van der Waals surface area contributed by atoms with Crippen molar-refractivity contribution in [1.82, 2.24) is 0 Å². The second-order valence-electron chi connectivity index (χ2n) is 4.07. The fourth-order valence-electron chi connectivity index (χ4n) is 1.17. The van der Waals surface area contributed by atoms with E-state index in [1.807, 2.05) is 0 Å². The number of rotatable bonds is 1. The Morgan fingerprint density at radius 3 is 2.45 bits per heavy atom. The molecule has 0 fully saturated rings. The molecule has 1 rings (SSSR count). The molecule has 0 aromatic carbocycles. The van der Waals surface area contributed by atoms with Crippen molar-refractivity contribution in [3.63, 3.8) is 0 Å². The monoisotopic (exact) mass is 225 g/mol. The van der Waals surface area contributed by atoms with Gasteiger partial charge in [0.15, 0.2) is 0 Å². The SMILES string of the molecule is CC(C)(C)CC1=CC[C-]=C1.[Zr]. The number of allylic oxidation sites excluding steroid dienone is 4. The van der Waals surface area contributed by atoms with Crippen molar-refractivity contribution in [1.29, 1.82) is 0 Å². The van der Waals surface area contributed by atoms with Gasteiger partial charge in [-0.2, -0.15) is 6.08 Å². The first-order valence-corrected chi connectivity index (χ1v) is 3.83. The van der Waals surface area contributed by atoms with Crippen LogP contribution in [0.2, 0.25) is 0 Å². The van der Waals surface area contributed by atoms with E-state index in [0.29, 0.717) is 5.41 Å². The summed E-state index contributed by atoms with van der Waals surface area (Å²) in [5.74, 6) is 0. The van der Waals surface area contributed by atoms with Gasteiger partial charge in [0.1, 0.15) is 0 Å². The second kappa shape index (κ2) is 4.40. The molecule has 0 spiro atoms.